The Morgan fingerprint density at radius 1 is 1.53 bits per heavy atom. The summed E-state index contributed by atoms with van der Waals surface area (Å²) in [4.78, 5) is 18.6. The van der Waals surface area contributed by atoms with Crippen LogP contribution < -0.4 is 5.32 Å². The van der Waals surface area contributed by atoms with Crippen LogP contribution in [0.3, 0.4) is 0 Å². The third kappa shape index (κ3) is 3.92. The highest BCUT2D eigenvalue weighted by Crippen LogP contribution is 2.14. The number of amides is 1. The van der Waals surface area contributed by atoms with Gasteiger partial charge in [0.2, 0.25) is 0 Å². The number of hydrogen-bond donors (Lipinski definition) is 1. The summed E-state index contributed by atoms with van der Waals surface area (Å²) in [6.45, 7) is 7.02. The van der Waals surface area contributed by atoms with Crippen LogP contribution in [-0.4, -0.2) is 49.1 Å². The van der Waals surface area contributed by atoms with Crippen molar-refractivity contribution in [1.29, 1.82) is 0 Å². The predicted octanol–water partition coefficient (Wildman–Crippen LogP) is 1.93. The molecule has 1 amide bonds. The summed E-state index contributed by atoms with van der Waals surface area (Å²) in [6, 6.07) is 3.64. The molecule has 0 saturated carbocycles. The smallest absolute Gasteiger partial charge is 0.254 e. The van der Waals surface area contributed by atoms with Crippen LogP contribution in [-0.2, 0) is 4.74 Å². The molecule has 0 aliphatic carbocycles. The van der Waals surface area contributed by atoms with E-state index < -0.39 is 0 Å². The molecule has 5 nitrogen and oxygen atoms in total. The first kappa shape index (κ1) is 15.4. The van der Waals surface area contributed by atoms with Gasteiger partial charge in [0.1, 0.15) is 5.82 Å². The van der Waals surface area contributed by atoms with E-state index in [2.05, 4.69) is 10.3 Å². The number of nitrogens with zero attached hydrogens (tertiary/aromatic N) is 2. The molecule has 1 N–H and O–H groups in total. The summed E-state index contributed by atoms with van der Waals surface area (Å²) in [5.74, 6) is 0.716. The molecule has 0 radical (unpaired) electrons. The second kappa shape index (κ2) is 7.09. The number of aromatic nitrogens is 1. The maximum Gasteiger partial charge on any atom is 0.254 e. The first-order chi connectivity index (χ1) is 9.03. The zero-order chi connectivity index (χ0) is 14.4. The molecule has 1 unspecified atom stereocenters. The first-order valence-electron chi connectivity index (χ1n) is 6.49. The Labute approximate surface area is 115 Å². The molecule has 1 rings (SSSR count). The second-order valence-electron chi connectivity index (χ2n) is 4.53. The summed E-state index contributed by atoms with van der Waals surface area (Å²) >= 11 is 0. The van der Waals surface area contributed by atoms with Crippen molar-refractivity contribution in [2.75, 3.05) is 32.6 Å². The lowest BCUT2D eigenvalue weighted by molar-refractivity contribution is 0.0579. The molecule has 0 aliphatic rings. The van der Waals surface area contributed by atoms with Gasteiger partial charge in [-0.25, -0.2) is 4.98 Å². The average molecular weight is 265 g/mol. The highest BCUT2D eigenvalue weighted by molar-refractivity contribution is 5.95. The summed E-state index contributed by atoms with van der Waals surface area (Å²) in [6.07, 6.45) is 0. The van der Waals surface area contributed by atoms with E-state index in [4.69, 9.17) is 4.74 Å². The largest absolute Gasteiger partial charge is 0.383 e. The van der Waals surface area contributed by atoms with Crippen molar-refractivity contribution in [1.82, 2.24) is 9.88 Å². The maximum atomic E-state index is 12.5. The van der Waals surface area contributed by atoms with E-state index >= 15 is 0 Å². The highest BCUT2D eigenvalue weighted by Gasteiger charge is 2.20. The number of aryl methyl sites for hydroxylation is 1. The van der Waals surface area contributed by atoms with Crippen LogP contribution in [0.1, 0.15) is 29.9 Å². The number of pyridine rings is 1. The van der Waals surface area contributed by atoms with Gasteiger partial charge in [0.25, 0.3) is 5.91 Å². The van der Waals surface area contributed by atoms with E-state index in [9.17, 15) is 4.79 Å². The summed E-state index contributed by atoms with van der Waals surface area (Å²) in [7, 11) is 3.44. The number of carbonyl (C=O) groups excluding carboxylic acids is 1. The van der Waals surface area contributed by atoms with Crippen LogP contribution in [0.15, 0.2) is 12.1 Å². The molecule has 106 valence electrons. The van der Waals surface area contributed by atoms with Crippen molar-refractivity contribution in [3.63, 3.8) is 0 Å². The molecule has 19 heavy (non-hydrogen) atoms. The van der Waals surface area contributed by atoms with Gasteiger partial charge in [0.05, 0.1) is 12.6 Å². The topological polar surface area (TPSA) is 54.5 Å². The Bertz CT molecular complexity index is 435. The fourth-order valence-electron chi connectivity index (χ4n) is 2.07. The third-order valence-corrected chi connectivity index (χ3v) is 3.00. The van der Waals surface area contributed by atoms with Crippen LogP contribution in [0.5, 0.6) is 0 Å². The van der Waals surface area contributed by atoms with Gasteiger partial charge in [0.15, 0.2) is 0 Å². The van der Waals surface area contributed by atoms with Crippen molar-refractivity contribution < 1.29 is 9.53 Å². The molecule has 1 heterocycles. The minimum absolute atomic E-state index is 0.00838. The molecule has 1 aromatic rings. The predicted molar refractivity (Wildman–Crippen MR) is 76.6 cm³/mol. The van der Waals surface area contributed by atoms with E-state index in [0.717, 1.165) is 5.69 Å². The normalized spacial score (nSPS) is 12.1. The fraction of sp³-hybridized carbons (Fsp3) is 0.571. The summed E-state index contributed by atoms with van der Waals surface area (Å²) in [5, 5.41) is 2.97. The summed E-state index contributed by atoms with van der Waals surface area (Å²) < 4.78 is 5.12. The SMILES string of the molecule is CCN(C(=O)c1cc(C)nc(NC)c1)C(C)COC. The number of anilines is 1. The molecule has 0 spiro atoms. The van der Waals surface area contributed by atoms with Crippen molar-refractivity contribution in [2.24, 2.45) is 0 Å². The van der Waals surface area contributed by atoms with Gasteiger partial charge in [-0.2, -0.15) is 0 Å². The first-order valence-corrected chi connectivity index (χ1v) is 6.49. The lowest BCUT2D eigenvalue weighted by Gasteiger charge is -2.27. The Balaban J connectivity index is 3.00. The van der Waals surface area contributed by atoms with Crippen molar-refractivity contribution in [3.05, 3.63) is 23.4 Å². The van der Waals surface area contributed by atoms with Gasteiger partial charge in [-0.05, 0) is 32.9 Å². The number of ether oxygens (including phenoxy) is 1. The van der Waals surface area contributed by atoms with E-state index in [1.807, 2.05) is 26.8 Å². The van der Waals surface area contributed by atoms with Crippen LogP contribution in [0, 0.1) is 6.92 Å². The van der Waals surface area contributed by atoms with E-state index in [1.54, 1.807) is 25.1 Å². The van der Waals surface area contributed by atoms with Gasteiger partial charge in [-0.3, -0.25) is 4.79 Å². The van der Waals surface area contributed by atoms with Crippen LogP contribution in [0.4, 0.5) is 5.82 Å². The molecule has 0 fully saturated rings. The quantitative estimate of drug-likeness (QED) is 0.854. The van der Waals surface area contributed by atoms with Gasteiger partial charge in [0, 0.05) is 32.0 Å². The van der Waals surface area contributed by atoms with Crippen molar-refractivity contribution in [3.8, 4) is 0 Å². The Morgan fingerprint density at radius 2 is 2.21 bits per heavy atom. The lowest BCUT2D eigenvalue weighted by Crippen LogP contribution is -2.41. The molecule has 0 saturated heterocycles. The Morgan fingerprint density at radius 3 is 2.74 bits per heavy atom. The highest BCUT2D eigenvalue weighted by atomic mass is 16.5. The van der Waals surface area contributed by atoms with E-state index in [0.29, 0.717) is 24.5 Å². The molecule has 5 heteroatoms. The fourth-order valence-corrected chi connectivity index (χ4v) is 2.07. The Hall–Kier alpha value is -1.62. The third-order valence-electron chi connectivity index (χ3n) is 3.00. The van der Waals surface area contributed by atoms with Crippen molar-refractivity contribution in [2.45, 2.75) is 26.8 Å². The minimum Gasteiger partial charge on any atom is -0.383 e. The standard InChI is InChI=1S/C14H23N3O2/c1-6-17(11(3)9-19-5)14(18)12-7-10(2)16-13(8-12)15-4/h7-8,11H,6,9H2,1-5H3,(H,15,16). The number of likely N-dealkylation sites (N-methyl/N-ethyl adjacent to an activating group) is 1. The van der Waals surface area contributed by atoms with Gasteiger partial charge < -0.3 is 15.0 Å². The van der Waals surface area contributed by atoms with Gasteiger partial charge in [-0.15, -0.1) is 0 Å². The van der Waals surface area contributed by atoms with Gasteiger partial charge in [-0.1, -0.05) is 0 Å². The number of methoxy groups -OCH3 is 1. The molecule has 1 aromatic heterocycles. The second-order valence-corrected chi connectivity index (χ2v) is 4.53. The number of carbonyl (C=O) groups is 1. The summed E-state index contributed by atoms with van der Waals surface area (Å²) in [5.41, 5.74) is 1.48. The van der Waals surface area contributed by atoms with Gasteiger partial charge >= 0.3 is 0 Å². The van der Waals surface area contributed by atoms with Crippen LogP contribution in [0.25, 0.3) is 0 Å². The zero-order valence-corrected chi connectivity index (χ0v) is 12.4. The van der Waals surface area contributed by atoms with E-state index in [1.165, 1.54) is 0 Å². The molecular formula is C14H23N3O2. The number of hydrogen-bond acceptors (Lipinski definition) is 4. The zero-order valence-electron chi connectivity index (χ0n) is 12.4. The Kier molecular flexibility index (Phi) is 5.76. The van der Waals surface area contributed by atoms with Crippen LogP contribution >= 0.6 is 0 Å². The minimum atomic E-state index is 0.00838. The molecular weight excluding hydrogens is 242 g/mol. The molecule has 1 atom stereocenters. The number of nitrogens with one attached hydrogen (secondary N) is 1. The average Bonchev–Trinajstić information content (AvgIpc) is 2.39. The van der Waals surface area contributed by atoms with Crippen molar-refractivity contribution >= 4 is 11.7 Å². The molecule has 0 aromatic carbocycles. The lowest BCUT2D eigenvalue weighted by atomic mass is 10.1. The maximum absolute atomic E-state index is 12.5. The monoisotopic (exact) mass is 265 g/mol. The van der Waals surface area contributed by atoms with Crippen LogP contribution in [0.2, 0.25) is 0 Å². The molecule has 0 aliphatic heterocycles. The number of rotatable bonds is 6. The molecule has 0 bridgehead atoms. The van der Waals surface area contributed by atoms with E-state index in [-0.39, 0.29) is 11.9 Å².